The number of benzene rings is 2. The molecule has 5 heteroatoms. The summed E-state index contributed by atoms with van der Waals surface area (Å²) in [5.41, 5.74) is 2.71. The second kappa shape index (κ2) is 8.82. The Bertz CT molecular complexity index is 682. The molecular formula is C19H21FN2O2. The summed E-state index contributed by atoms with van der Waals surface area (Å²) < 4.78 is 12.8. The minimum Gasteiger partial charge on any atom is -0.354 e. The van der Waals surface area contributed by atoms with Crippen LogP contribution in [0.25, 0.3) is 0 Å². The summed E-state index contributed by atoms with van der Waals surface area (Å²) in [7, 11) is 0. The van der Waals surface area contributed by atoms with Crippen LogP contribution in [0, 0.1) is 12.7 Å². The van der Waals surface area contributed by atoms with Crippen molar-refractivity contribution in [1.29, 1.82) is 0 Å². The quantitative estimate of drug-likeness (QED) is 0.768. The predicted octanol–water partition coefficient (Wildman–Crippen LogP) is 2.61. The zero-order chi connectivity index (χ0) is 17.4. The van der Waals surface area contributed by atoms with Crippen LogP contribution in [0.2, 0.25) is 0 Å². The van der Waals surface area contributed by atoms with Crippen LogP contribution in [0.5, 0.6) is 0 Å². The van der Waals surface area contributed by atoms with Crippen molar-refractivity contribution in [3.8, 4) is 0 Å². The summed E-state index contributed by atoms with van der Waals surface area (Å²) in [5.74, 6) is -0.720. The second-order valence-electron chi connectivity index (χ2n) is 5.60. The molecule has 0 bridgehead atoms. The zero-order valence-corrected chi connectivity index (χ0v) is 13.6. The van der Waals surface area contributed by atoms with Crippen LogP contribution in [0.15, 0.2) is 48.5 Å². The summed E-state index contributed by atoms with van der Waals surface area (Å²) in [6.45, 7) is 2.71. The average molecular weight is 328 g/mol. The third-order valence-electron chi connectivity index (χ3n) is 3.60. The maximum atomic E-state index is 12.8. The van der Waals surface area contributed by atoms with Crippen molar-refractivity contribution in [2.75, 3.05) is 13.1 Å². The highest BCUT2D eigenvalue weighted by atomic mass is 19.1. The number of carbonyl (C=O) groups excluding carboxylic acids is 2. The van der Waals surface area contributed by atoms with Gasteiger partial charge in [0.1, 0.15) is 5.82 Å². The highest BCUT2D eigenvalue weighted by Gasteiger charge is 2.05. The molecular weight excluding hydrogens is 307 g/mol. The van der Waals surface area contributed by atoms with Crippen LogP contribution in [0.1, 0.15) is 27.9 Å². The second-order valence-corrected chi connectivity index (χ2v) is 5.60. The number of halogens is 1. The SMILES string of the molecule is Cc1ccc(CCC(=O)NCCNC(=O)c2ccc(F)cc2)cc1. The summed E-state index contributed by atoms with van der Waals surface area (Å²) in [6.07, 6.45) is 1.10. The molecule has 0 aliphatic rings. The van der Waals surface area contributed by atoms with Gasteiger partial charge in [0.05, 0.1) is 0 Å². The normalized spacial score (nSPS) is 10.2. The first-order valence-corrected chi connectivity index (χ1v) is 7.90. The van der Waals surface area contributed by atoms with E-state index in [1.165, 1.54) is 29.8 Å². The fourth-order valence-corrected chi connectivity index (χ4v) is 2.18. The molecule has 0 aliphatic heterocycles. The van der Waals surface area contributed by atoms with E-state index in [2.05, 4.69) is 10.6 Å². The Morgan fingerprint density at radius 1 is 0.917 bits per heavy atom. The highest BCUT2D eigenvalue weighted by molar-refractivity contribution is 5.94. The van der Waals surface area contributed by atoms with E-state index in [1.807, 2.05) is 31.2 Å². The van der Waals surface area contributed by atoms with Crippen molar-refractivity contribution in [2.24, 2.45) is 0 Å². The average Bonchev–Trinajstić information content (AvgIpc) is 2.58. The van der Waals surface area contributed by atoms with Gasteiger partial charge in [-0.1, -0.05) is 29.8 Å². The van der Waals surface area contributed by atoms with Crippen molar-refractivity contribution in [3.63, 3.8) is 0 Å². The lowest BCUT2D eigenvalue weighted by molar-refractivity contribution is -0.121. The molecule has 0 saturated carbocycles. The van der Waals surface area contributed by atoms with E-state index in [9.17, 15) is 14.0 Å². The van der Waals surface area contributed by atoms with E-state index in [0.29, 0.717) is 31.5 Å². The van der Waals surface area contributed by atoms with Gasteiger partial charge in [0.15, 0.2) is 0 Å². The van der Waals surface area contributed by atoms with Gasteiger partial charge in [0, 0.05) is 25.1 Å². The summed E-state index contributed by atoms with van der Waals surface area (Å²) in [4.78, 5) is 23.6. The Morgan fingerprint density at radius 3 is 2.21 bits per heavy atom. The van der Waals surface area contributed by atoms with Crippen LogP contribution in [-0.4, -0.2) is 24.9 Å². The number of hydrogen-bond acceptors (Lipinski definition) is 2. The molecule has 126 valence electrons. The van der Waals surface area contributed by atoms with Crippen molar-refractivity contribution in [3.05, 3.63) is 71.0 Å². The van der Waals surface area contributed by atoms with Crippen LogP contribution in [-0.2, 0) is 11.2 Å². The Hall–Kier alpha value is -2.69. The van der Waals surface area contributed by atoms with Crippen molar-refractivity contribution in [1.82, 2.24) is 10.6 Å². The topological polar surface area (TPSA) is 58.2 Å². The molecule has 24 heavy (non-hydrogen) atoms. The monoisotopic (exact) mass is 328 g/mol. The maximum Gasteiger partial charge on any atom is 0.251 e. The van der Waals surface area contributed by atoms with Gasteiger partial charge in [-0.15, -0.1) is 0 Å². The van der Waals surface area contributed by atoms with E-state index in [1.54, 1.807) is 0 Å². The molecule has 0 heterocycles. The van der Waals surface area contributed by atoms with Crippen molar-refractivity contribution < 1.29 is 14.0 Å². The van der Waals surface area contributed by atoms with Gasteiger partial charge in [-0.3, -0.25) is 9.59 Å². The highest BCUT2D eigenvalue weighted by Crippen LogP contribution is 2.05. The first-order valence-electron chi connectivity index (χ1n) is 7.90. The van der Waals surface area contributed by atoms with Crippen LogP contribution in [0.3, 0.4) is 0 Å². The smallest absolute Gasteiger partial charge is 0.251 e. The molecule has 2 aromatic rings. The van der Waals surface area contributed by atoms with Crippen LogP contribution >= 0.6 is 0 Å². The Morgan fingerprint density at radius 2 is 1.54 bits per heavy atom. The molecule has 2 rings (SSSR count). The predicted molar refractivity (Wildman–Crippen MR) is 91.2 cm³/mol. The third-order valence-corrected chi connectivity index (χ3v) is 3.60. The fourth-order valence-electron chi connectivity index (χ4n) is 2.18. The van der Waals surface area contributed by atoms with Gasteiger partial charge < -0.3 is 10.6 Å². The van der Waals surface area contributed by atoms with Gasteiger partial charge in [0.2, 0.25) is 5.91 Å². The number of aryl methyl sites for hydroxylation is 2. The molecule has 2 N–H and O–H groups in total. The molecule has 0 radical (unpaired) electrons. The number of nitrogens with one attached hydrogen (secondary N) is 2. The minimum atomic E-state index is -0.382. The lowest BCUT2D eigenvalue weighted by Crippen LogP contribution is -2.34. The van der Waals surface area contributed by atoms with E-state index in [0.717, 1.165) is 5.56 Å². The van der Waals surface area contributed by atoms with Gasteiger partial charge in [-0.2, -0.15) is 0 Å². The first kappa shape index (κ1) is 17.7. The largest absolute Gasteiger partial charge is 0.354 e. The van der Waals surface area contributed by atoms with Crippen molar-refractivity contribution in [2.45, 2.75) is 19.8 Å². The standard InChI is InChI=1S/C19H21FN2O2/c1-14-2-4-15(5-3-14)6-11-18(23)21-12-13-22-19(24)16-7-9-17(20)10-8-16/h2-5,7-10H,6,11-13H2,1H3,(H,21,23)(H,22,24). The van der Waals surface area contributed by atoms with E-state index in [-0.39, 0.29) is 17.6 Å². The van der Waals surface area contributed by atoms with E-state index < -0.39 is 0 Å². The molecule has 0 aromatic heterocycles. The van der Waals surface area contributed by atoms with Crippen LogP contribution in [0.4, 0.5) is 4.39 Å². The van der Waals surface area contributed by atoms with Gasteiger partial charge >= 0.3 is 0 Å². The van der Waals surface area contributed by atoms with Crippen molar-refractivity contribution >= 4 is 11.8 Å². The summed E-state index contributed by atoms with van der Waals surface area (Å²) in [6, 6.07) is 13.4. The molecule has 4 nitrogen and oxygen atoms in total. The van der Waals surface area contributed by atoms with E-state index in [4.69, 9.17) is 0 Å². The molecule has 0 spiro atoms. The number of hydrogen-bond donors (Lipinski definition) is 2. The van der Waals surface area contributed by atoms with Gasteiger partial charge in [-0.05, 0) is 43.2 Å². The molecule has 0 aliphatic carbocycles. The fraction of sp³-hybridized carbons (Fsp3) is 0.263. The molecule has 0 fully saturated rings. The Balaban J connectivity index is 1.63. The number of carbonyl (C=O) groups is 2. The molecule has 2 amide bonds. The molecule has 0 unspecified atom stereocenters. The maximum absolute atomic E-state index is 12.8. The minimum absolute atomic E-state index is 0.0494. The van der Waals surface area contributed by atoms with Crippen LogP contribution < -0.4 is 10.6 Å². The summed E-state index contributed by atoms with van der Waals surface area (Å²) >= 11 is 0. The number of rotatable bonds is 7. The number of amides is 2. The van der Waals surface area contributed by atoms with Gasteiger partial charge in [-0.25, -0.2) is 4.39 Å². The third kappa shape index (κ3) is 5.83. The Kier molecular flexibility index (Phi) is 6.49. The lowest BCUT2D eigenvalue weighted by atomic mass is 10.1. The summed E-state index contributed by atoms with van der Waals surface area (Å²) in [5, 5.41) is 5.44. The lowest BCUT2D eigenvalue weighted by Gasteiger charge is -2.07. The van der Waals surface area contributed by atoms with E-state index >= 15 is 0 Å². The molecule has 0 saturated heterocycles. The Labute approximate surface area is 141 Å². The molecule has 0 atom stereocenters. The first-order chi connectivity index (χ1) is 11.5. The zero-order valence-electron chi connectivity index (χ0n) is 13.6. The van der Waals surface area contributed by atoms with Gasteiger partial charge in [0.25, 0.3) is 5.91 Å². The molecule has 2 aromatic carbocycles.